The molecule has 15 heavy (non-hydrogen) atoms. The molecule has 0 bridgehead atoms. The van der Waals surface area contributed by atoms with Crippen LogP contribution in [0, 0.1) is 10.1 Å². The Bertz CT molecular complexity index is 414. The zero-order chi connectivity index (χ0) is 10.8. The van der Waals surface area contributed by atoms with Crippen LogP contribution in [0.5, 0.6) is 0 Å². The van der Waals surface area contributed by atoms with E-state index in [9.17, 15) is 15.2 Å². The van der Waals surface area contributed by atoms with Gasteiger partial charge in [-0.3, -0.25) is 10.1 Å². The fourth-order valence-corrected chi connectivity index (χ4v) is 1.62. The molecular weight excluding hydrogens is 196 g/mol. The molecular formula is C10H10N2O3. The molecule has 0 saturated carbocycles. The van der Waals surface area contributed by atoms with Crippen LogP contribution < -0.4 is 4.90 Å². The highest BCUT2D eigenvalue weighted by Gasteiger charge is 2.31. The Kier molecular flexibility index (Phi) is 2.29. The van der Waals surface area contributed by atoms with Gasteiger partial charge in [0.15, 0.2) is 0 Å². The van der Waals surface area contributed by atoms with Crippen molar-refractivity contribution >= 4 is 5.69 Å². The molecule has 0 atom stereocenters. The minimum absolute atomic E-state index is 0.112. The molecule has 78 valence electrons. The van der Waals surface area contributed by atoms with E-state index in [2.05, 4.69) is 0 Å². The van der Waals surface area contributed by atoms with Gasteiger partial charge in [-0.1, -0.05) is 18.2 Å². The van der Waals surface area contributed by atoms with Crippen molar-refractivity contribution in [2.45, 2.75) is 6.42 Å². The molecule has 5 nitrogen and oxygen atoms in total. The van der Waals surface area contributed by atoms with Gasteiger partial charge < -0.3 is 10.0 Å². The molecule has 0 amide bonds. The first kappa shape index (κ1) is 9.51. The van der Waals surface area contributed by atoms with Crippen LogP contribution in [0.1, 0.15) is 6.42 Å². The minimum atomic E-state index is -0.529. The maximum absolute atomic E-state index is 10.5. The van der Waals surface area contributed by atoms with Crippen molar-refractivity contribution in [3.63, 3.8) is 0 Å². The minimum Gasteiger partial charge on any atom is -0.490 e. The van der Waals surface area contributed by atoms with Crippen molar-refractivity contribution in [2.24, 2.45) is 0 Å². The molecule has 0 aliphatic carbocycles. The van der Waals surface area contributed by atoms with E-state index in [1.165, 1.54) is 4.90 Å². The molecule has 2 rings (SSSR count). The predicted molar refractivity (Wildman–Crippen MR) is 55.1 cm³/mol. The van der Waals surface area contributed by atoms with Crippen LogP contribution in [-0.2, 0) is 0 Å². The van der Waals surface area contributed by atoms with Gasteiger partial charge in [0.2, 0.25) is 0 Å². The van der Waals surface area contributed by atoms with Gasteiger partial charge in [-0.05, 0) is 12.1 Å². The smallest absolute Gasteiger partial charge is 0.307 e. The average molecular weight is 206 g/mol. The van der Waals surface area contributed by atoms with E-state index in [-0.39, 0.29) is 18.0 Å². The first-order valence-corrected chi connectivity index (χ1v) is 4.59. The molecule has 1 heterocycles. The second kappa shape index (κ2) is 3.61. The summed E-state index contributed by atoms with van der Waals surface area (Å²) in [6.07, 6.45) is 0.272. The Balaban J connectivity index is 2.32. The molecule has 1 aromatic carbocycles. The average Bonchev–Trinajstić information content (AvgIpc) is 2.61. The van der Waals surface area contributed by atoms with Crippen LogP contribution in [0.15, 0.2) is 41.9 Å². The van der Waals surface area contributed by atoms with Crippen molar-refractivity contribution < 1.29 is 10.0 Å². The number of benzene rings is 1. The normalized spacial score (nSPS) is 15.9. The first-order chi connectivity index (χ1) is 7.20. The lowest BCUT2D eigenvalue weighted by Gasteiger charge is -2.16. The summed E-state index contributed by atoms with van der Waals surface area (Å²) in [5.41, 5.74) is 0.658. The van der Waals surface area contributed by atoms with Crippen molar-refractivity contribution in [1.29, 1.82) is 0 Å². The quantitative estimate of drug-likeness (QED) is 0.592. The number of hydrogen-bond acceptors (Lipinski definition) is 4. The van der Waals surface area contributed by atoms with Crippen molar-refractivity contribution in [1.82, 2.24) is 0 Å². The van der Waals surface area contributed by atoms with Crippen molar-refractivity contribution in [3.8, 4) is 0 Å². The molecule has 0 saturated heterocycles. The molecule has 1 aliphatic heterocycles. The standard InChI is InChI=1S/C10H10N2O3/c13-10-9(12(14)15)6-7-11(10)8-4-2-1-3-5-8/h1-5,13H,6-7H2. The summed E-state index contributed by atoms with van der Waals surface area (Å²) < 4.78 is 0. The largest absolute Gasteiger partial charge is 0.490 e. The maximum Gasteiger partial charge on any atom is 0.307 e. The molecule has 0 unspecified atom stereocenters. The number of aliphatic hydroxyl groups excluding tert-OH is 1. The van der Waals surface area contributed by atoms with Crippen LogP contribution in [0.2, 0.25) is 0 Å². The Morgan fingerprint density at radius 2 is 2.00 bits per heavy atom. The molecule has 5 heteroatoms. The summed E-state index contributed by atoms with van der Waals surface area (Å²) in [6, 6.07) is 9.12. The molecule has 1 aromatic rings. The van der Waals surface area contributed by atoms with Gasteiger partial charge in [-0.25, -0.2) is 0 Å². The SMILES string of the molecule is O=[N+]([O-])C1=C(O)N(c2ccccc2)CC1. The van der Waals surface area contributed by atoms with Crippen LogP contribution in [0.3, 0.4) is 0 Å². The number of nitro groups is 1. The Hall–Kier alpha value is -2.04. The zero-order valence-corrected chi connectivity index (χ0v) is 7.96. The highest BCUT2D eigenvalue weighted by Crippen LogP contribution is 2.27. The third-order valence-corrected chi connectivity index (χ3v) is 2.37. The number of hydrogen-bond donors (Lipinski definition) is 1. The van der Waals surface area contributed by atoms with E-state index in [1.807, 2.05) is 18.2 Å². The van der Waals surface area contributed by atoms with Crippen LogP contribution in [-0.4, -0.2) is 16.6 Å². The lowest BCUT2D eigenvalue weighted by molar-refractivity contribution is -0.429. The highest BCUT2D eigenvalue weighted by atomic mass is 16.6. The Morgan fingerprint density at radius 1 is 1.33 bits per heavy atom. The Morgan fingerprint density at radius 3 is 2.53 bits per heavy atom. The monoisotopic (exact) mass is 206 g/mol. The third-order valence-electron chi connectivity index (χ3n) is 2.37. The lowest BCUT2D eigenvalue weighted by atomic mass is 10.3. The van der Waals surface area contributed by atoms with Crippen molar-refractivity contribution in [2.75, 3.05) is 11.4 Å². The lowest BCUT2D eigenvalue weighted by Crippen LogP contribution is -2.18. The van der Waals surface area contributed by atoms with E-state index in [1.54, 1.807) is 12.1 Å². The van der Waals surface area contributed by atoms with Gasteiger partial charge >= 0.3 is 5.70 Å². The summed E-state index contributed by atoms with van der Waals surface area (Å²) in [7, 11) is 0. The van der Waals surface area contributed by atoms with E-state index >= 15 is 0 Å². The fraction of sp³-hybridized carbons (Fsp3) is 0.200. The number of nitrogens with zero attached hydrogens (tertiary/aromatic N) is 2. The number of rotatable bonds is 2. The molecule has 0 radical (unpaired) electrons. The molecule has 0 aromatic heterocycles. The van der Waals surface area contributed by atoms with Gasteiger partial charge in [0.25, 0.3) is 5.88 Å². The van der Waals surface area contributed by atoms with Gasteiger partial charge in [0.1, 0.15) is 0 Å². The number of anilines is 1. The molecule has 0 spiro atoms. The predicted octanol–water partition coefficient (Wildman–Crippen LogP) is 1.90. The van der Waals surface area contributed by atoms with Crippen LogP contribution in [0.4, 0.5) is 5.69 Å². The fourth-order valence-electron chi connectivity index (χ4n) is 1.62. The zero-order valence-electron chi connectivity index (χ0n) is 7.96. The van der Waals surface area contributed by atoms with Crippen LogP contribution in [0.25, 0.3) is 0 Å². The summed E-state index contributed by atoms with van der Waals surface area (Å²) in [5.74, 6) is -0.244. The summed E-state index contributed by atoms with van der Waals surface area (Å²) >= 11 is 0. The van der Waals surface area contributed by atoms with E-state index in [0.717, 1.165) is 5.69 Å². The van der Waals surface area contributed by atoms with Gasteiger partial charge in [0.05, 0.1) is 11.3 Å². The van der Waals surface area contributed by atoms with Gasteiger partial charge in [-0.2, -0.15) is 0 Å². The molecule has 0 fully saturated rings. The number of para-hydroxylation sites is 1. The molecule has 1 aliphatic rings. The van der Waals surface area contributed by atoms with E-state index < -0.39 is 4.92 Å². The molecule has 1 N–H and O–H groups in total. The summed E-state index contributed by atoms with van der Waals surface area (Å²) in [4.78, 5) is 11.6. The highest BCUT2D eigenvalue weighted by molar-refractivity contribution is 5.52. The van der Waals surface area contributed by atoms with E-state index in [0.29, 0.717) is 6.54 Å². The maximum atomic E-state index is 10.5. The van der Waals surface area contributed by atoms with E-state index in [4.69, 9.17) is 0 Å². The van der Waals surface area contributed by atoms with Gasteiger partial charge in [-0.15, -0.1) is 0 Å². The van der Waals surface area contributed by atoms with Gasteiger partial charge in [0, 0.05) is 12.2 Å². The number of aliphatic hydroxyl groups is 1. The van der Waals surface area contributed by atoms with Crippen molar-refractivity contribution in [3.05, 3.63) is 52.0 Å². The first-order valence-electron chi connectivity index (χ1n) is 4.59. The van der Waals surface area contributed by atoms with Crippen LogP contribution >= 0.6 is 0 Å². The topological polar surface area (TPSA) is 66.6 Å². The summed E-state index contributed by atoms with van der Waals surface area (Å²) in [6.45, 7) is 0.451. The third kappa shape index (κ3) is 1.63. The Labute approximate surface area is 86.4 Å². The second-order valence-corrected chi connectivity index (χ2v) is 3.26. The second-order valence-electron chi connectivity index (χ2n) is 3.26. The summed E-state index contributed by atoms with van der Waals surface area (Å²) in [5, 5.41) is 20.2.